The first-order valence-electron chi connectivity index (χ1n) is 10.2. The van der Waals surface area contributed by atoms with E-state index in [1.54, 1.807) is 24.3 Å². The molecule has 1 aliphatic rings. The third kappa shape index (κ3) is 3.80. The zero-order chi connectivity index (χ0) is 23.0. The highest BCUT2D eigenvalue weighted by Gasteiger charge is 2.48. The Morgan fingerprint density at radius 1 is 1.16 bits per heavy atom. The van der Waals surface area contributed by atoms with Crippen LogP contribution in [0.4, 0.5) is 5.69 Å². The van der Waals surface area contributed by atoms with E-state index < -0.39 is 17.7 Å². The molecule has 5 nitrogen and oxygen atoms in total. The summed E-state index contributed by atoms with van der Waals surface area (Å²) in [5.41, 5.74) is 2.74. The summed E-state index contributed by atoms with van der Waals surface area (Å²) in [6.07, 6.45) is 0. The number of aliphatic hydroxyl groups excluding tert-OH is 1. The van der Waals surface area contributed by atoms with Gasteiger partial charge in [0.15, 0.2) is 0 Å². The van der Waals surface area contributed by atoms with Gasteiger partial charge < -0.3 is 9.84 Å². The number of Topliss-reactive ketones (excluding diaryl/α,β-unsaturated/α-hetero) is 1. The average molecular weight is 468 g/mol. The number of carbonyl (C=O) groups excluding carboxylic acids is 2. The van der Waals surface area contributed by atoms with Crippen LogP contribution in [-0.4, -0.2) is 23.4 Å². The molecular formula is C25H22ClNO4S. The standard InChI is InChI=1S/C25H22ClNO4S/c1-4-31-17-8-9-19(26)18(13-17)22(28)20-21(24-15(3)10-11-32-24)27(25(30)23(20)29)16-7-5-6-14(2)12-16/h5-13,21,28H,4H2,1-3H3/b22-20+. The topological polar surface area (TPSA) is 66.8 Å². The van der Waals surface area contributed by atoms with Crippen LogP contribution >= 0.6 is 22.9 Å². The fourth-order valence-corrected chi connectivity index (χ4v) is 5.11. The molecule has 2 aromatic carbocycles. The van der Waals surface area contributed by atoms with Crippen LogP contribution in [0.5, 0.6) is 5.75 Å². The van der Waals surface area contributed by atoms with Crippen molar-refractivity contribution in [1.82, 2.24) is 0 Å². The molecule has 1 fully saturated rings. The van der Waals surface area contributed by atoms with Crippen LogP contribution in [0, 0.1) is 13.8 Å². The van der Waals surface area contributed by atoms with E-state index >= 15 is 0 Å². The van der Waals surface area contributed by atoms with E-state index in [9.17, 15) is 14.7 Å². The van der Waals surface area contributed by atoms with Crippen molar-refractivity contribution in [3.8, 4) is 5.75 Å². The molecule has 0 spiro atoms. The summed E-state index contributed by atoms with van der Waals surface area (Å²) in [6.45, 7) is 6.13. The van der Waals surface area contributed by atoms with Crippen molar-refractivity contribution in [2.45, 2.75) is 26.8 Å². The number of benzene rings is 2. The monoisotopic (exact) mass is 467 g/mol. The molecule has 1 amide bonds. The molecule has 2 heterocycles. The number of thiophene rings is 1. The minimum Gasteiger partial charge on any atom is -0.507 e. The number of aliphatic hydroxyl groups is 1. The lowest BCUT2D eigenvalue weighted by atomic mass is 9.98. The smallest absolute Gasteiger partial charge is 0.300 e. The second-order valence-electron chi connectivity index (χ2n) is 7.55. The fourth-order valence-electron chi connectivity index (χ4n) is 3.88. The highest BCUT2D eigenvalue weighted by molar-refractivity contribution is 7.10. The largest absolute Gasteiger partial charge is 0.507 e. The maximum absolute atomic E-state index is 13.2. The summed E-state index contributed by atoms with van der Waals surface area (Å²) in [4.78, 5) is 28.7. The molecule has 1 unspecified atom stereocenters. The second-order valence-corrected chi connectivity index (χ2v) is 8.91. The summed E-state index contributed by atoms with van der Waals surface area (Å²) in [6, 6.07) is 13.4. The molecular weight excluding hydrogens is 446 g/mol. The molecule has 1 atom stereocenters. The van der Waals surface area contributed by atoms with Crippen molar-refractivity contribution >= 4 is 46.1 Å². The van der Waals surface area contributed by atoms with Gasteiger partial charge in [0, 0.05) is 16.1 Å². The van der Waals surface area contributed by atoms with Crippen LogP contribution in [0.2, 0.25) is 5.02 Å². The minimum absolute atomic E-state index is 0.0117. The maximum Gasteiger partial charge on any atom is 0.300 e. The maximum atomic E-state index is 13.2. The van der Waals surface area contributed by atoms with Crippen LogP contribution in [-0.2, 0) is 9.59 Å². The highest BCUT2D eigenvalue weighted by Crippen LogP contribution is 2.45. The number of amides is 1. The zero-order valence-corrected chi connectivity index (χ0v) is 19.5. The van der Waals surface area contributed by atoms with Crippen LogP contribution < -0.4 is 9.64 Å². The summed E-state index contributed by atoms with van der Waals surface area (Å²) in [5.74, 6) is -1.25. The summed E-state index contributed by atoms with van der Waals surface area (Å²) in [5, 5.41) is 13.5. The lowest BCUT2D eigenvalue weighted by Gasteiger charge is -2.25. The minimum atomic E-state index is -0.761. The Balaban J connectivity index is 1.96. The molecule has 0 aliphatic carbocycles. The number of hydrogen-bond acceptors (Lipinski definition) is 5. The SMILES string of the molecule is CCOc1ccc(Cl)c(/C(O)=C2\C(=O)C(=O)N(c3cccc(C)c3)C2c2sccc2C)c1. The number of carbonyl (C=O) groups is 2. The van der Waals surface area contributed by atoms with E-state index in [1.165, 1.54) is 16.2 Å². The van der Waals surface area contributed by atoms with E-state index in [-0.39, 0.29) is 21.9 Å². The first-order chi connectivity index (χ1) is 15.3. The molecule has 1 N–H and O–H groups in total. The van der Waals surface area contributed by atoms with E-state index in [0.29, 0.717) is 18.0 Å². The quantitative estimate of drug-likeness (QED) is 0.282. The van der Waals surface area contributed by atoms with E-state index in [1.807, 2.05) is 50.4 Å². The third-order valence-electron chi connectivity index (χ3n) is 5.38. The van der Waals surface area contributed by atoms with Crippen molar-refractivity contribution in [3.63, 3.8) is 0 Å². The van der Waals surface area contributed by atoms with Gasteiger partial charge in [-0.2, -0.15) is 0 Å². The molecule has 0 saturated carbocycles. The normalized spacial score (nSPS) is 17.8. The Morgan fingerprint density at radius 2 is 1.94 bits per heavy atom. The summed E-state index contributed by atoms with van der Waals surface area (Å²) >= 11 is 7.81. The Hall–Kier alpha value is -3.09. The van der Waals surface area contributed by atoms with Crippen LogP contribution in [0.3, 0.4) is 0 Å². The lowest BCUT2D eigenvalue weighted by molar-refractivity contribution is -0.132. The number of aryl methyl sites for hydroxylation is 2. The van der Waals surface area contributed by atoms with Crippen molar-refractivity contribution in [3.05, 3.63) is 86.1 Å². The van der Waals surface area contributed by atoms with Gasteiger partial charge in [0.05, 0.1) is 17.2 Å². The van der Waals surface area contributed by atoms with Crippen molar-refractivity contribution < 1.29 is 19.4 Å². The lowest BCUT2D eigenvalue weighted by Crippen LogP contribution is -2.29. The predicted molar refractivity (Wildman–Crippen MR) is 128 cm³/mol. The molecule has 1 saturated heterocycles. The second kappa shape index (κ2) is 8.81. The van der Waals surface area contributed by atoms with Crippen LogP contribution in [0.15, 0.2) is 59.5 Å². The van der Waals surface area contributed by atoms with Gasteiger partial charge in [0.1, 0.15) is 17.6 Å². The molecule has 1 aromatic heterocycles. The van der Waals surface area contributed by atoms with E-state index in [4.69, 9.17) is 16.3 Å². The third-order valence-corrected chi connectivity index (χ3v) is 6.78. The number of nitrogens with zero attached hydrogens (tertiary/aromatic N) is 1. The fraction of sp³-hybridized carbons (Fsp3) is 0.200. The van der Waals surface area contributed by atoms with Gasteiger partial charge >= 0.3 is 0 Å². The van der Waals surface area contributed by atoms with Gasteiger partial charge in [0.25, 0.3) is 11.7 Å². The number of rotatable bonds is 5. The van der Waals surface area contributed by atoms with Crippen molar-refractivity contribution in [2.75, 3.05) is 11.5 Å². The first-order valence-corrected chi connectivity index (χ1v) is 11.4. The number of ether oxygens (including phenoxy) is 1. The molecule has 164 valence electrons. The van der Waals surface area contributed by atoms with Gasteiger partial charge in [-0.25, -0.2) is 0 Å². The number of anilines is 1. The molecule has 32 heavy (non-hydrogen) atoms. The molecule has 0 radical (unpaired) electrons. The average Bonchev–Trinajstić information content (AvgIpc) is 3.29. The number of hydrogen-bond donors (Lipinski definition) is 1. The first kappa shape index (κ1) is 22.1. The van der Waals surface area contributed by atoms with Gasteiger partial charge in [-0.05, 0) is 73.7 Å². The Kier molecular flexibility index (Phi) is 6.09. The van der Waals surface area contributed by atoms with E-state index in [0.717, 1.165) is 16.0 Å². The van der Waals surface area contributed by atoms with E-state index in [2.05, 4.69) is 0 Å². The summed E-state index contributed by atoms with van der Waals surface area (Å²) in [7, 11) is 0. The number of halogens is 1. The zero-order valence-electron chi connectivity index (χ0n) is 17.9. The molecule has 0 bridgehead atoms. The highest BCUT2D eigenvalue weighted by atomic mass is 35.5. The van der Waals surface area contributed by atoms with Crippen LogP contribution in [0.1, 0.15) is 34.5 Å². The van der Waals surface area contributed by atoms with Crippen molar-refractivity contribution in [1.29, 1.82) is 0 Å². The summed E-state index contributed by atoms with van der Waals surface area (Å²) < 4.78 is 5.53. The molecule has 4 rings (SSSR count). The Morgan fingerprint density at radius 3 is 2.59 bits per heavy atom. The Labute approximate surface area is 195 Å². The van der Waals surface area contributed by atoms with Gasteiger partial charge in [-0.1, -0.05) is 23.7 Å². The van der Waals surface area contributed by atoms with Gasteiger partial charge in [-0.15, -0.1) is 11.3 Å². The molecule has 1 aliphatic heterocycles. The number of ketones is 1. The Bertz CT molecular complexity index is 1250. The molecule has 7 heteroatoms. The van der Waals surface area contributed by atoms with Crippen molar-refractivity contribution in [2.24, 2.45) is 0 Å². The predicted octanol–water partition coefficient (Wildman–Crippen LogP) is 6.04. The van der Waals surface area contributed by atoms with Gasteiger partial charge in [-0.3, -0.25) is 14.5 Å². The van der Waals surface area contributed by atoms with Crippen LogP contribution in [0.25, 0.3) is 5.76 Å². The van der Waals surface area contributed by atoms with Gasteiger partial charge in [0.2, 0.25) is 0 Å². The molecule has 3 aromatic rings.